The van der Waals surface area contributed by atoms with Crippen LogP contribution in [0, 0.1) is 6.92 Å². The third kappa shape index (κ3) is 3.28. The molecular formula is C18H12ClN3OS2. The quantitative estimate of drug-likeness (QED) is 0.497. The van der Waals surface area contributed by atoms with Crippen LogP contribution in [0.25, 0.3) is 20.7 Å². The van der Waals surface area contributed by atoms with E-state index >= 15 is 0 Å². The number of thiazole rings is 2. The molecule has 4 aromatic rings. The number of hydrogen-bond donors (Lipinski definition) is 1. The number of nitrogens with zero attached hydrogens (tertiary/aromatic N) is 2. The first kappa shape index (κ1) is 16.2. The van der Waals surface area contributed by atoms with E-state index in [9.17, 15) is 4.79 Å². The van der Waals surface area contributed by atoms with Gasteiger partial charge in [-0.3, -0.25) is 10.1 Å². The molecule has 0 unspecified atom stereocenters. The van der Waals surface area contributed by atoms with Gasteiger partial charge in [0.05, 0.1) is 20.1 Å². The molecular weight excluding hydrogens is 374 g/mol. The van der Waals surface area contributed by atoms with Gasteiger partial charge in [0.2, 0.25) is 0 Å². The Bertz CT molecular complexity index is 1070. The van der Waals surface area contributed by atoms with Crippen molar-refractivity contribution in [1.82, 2.24) is 9.97 Å². The molecule has 0 aliphatic heterocycles. The van der Waals surface area contributed by atoms with Crippen LogP contribution in [0.5, 0.6) is 0 Å². The maximum atomic E-state index is 12.7. The van der Waals surface area contributed by atoms with Gasteiger partial charge in [-0.2, -0.15) is 0 Å². The molecule has 2 aromatic carbocycles. The predicted octanol–water partition coefficient (Wildman–Crippen LogP) is 5.63. The normalized spacial score (nSPS) is 11.0. The molecule has 0 spiro atoms. The van der Waals surface area contributed by atoms with E-state index in [1.807, 2.05) is 49.4 Å². The number of aryl methyl sites for hydroxylation is 1. The van der Waals surface area contributed by atoms with Gasteiger partial charge in [-0.15, -0.1) is 11.3 Å². The average Bonchev–Trinajstić information content (AvgIpc) is 3.18. The highest BCUT2D eigenvalue weighted by Gasteiger charge is 2.19. The number of anilines is 1. The minimum Gasteiger partial charge on any atom is -0.296 e. The molecule has 124 valence electrons. The lowest BCUT2D eigenvalue weighted by molar-refractivity contribution is 0.102. The van der Waals surface area contributed by atoms with Crippen LogP contribution < -0.4 is 5.32 Å². The zero-order valence-electron chi connectivity index (χ0n) is 13.1. The molecule has 0 bridgehead atoms. The Morgan fingerprint density at radius 2 is 1.88 bits per heavy atom. The summed E-state index contributed by atoms with van der Waals surface area (Å²) in [5, 5.41) is 4.89. The summed E-state index contributed by atoms with van der Waals surface area (Å²) >= 11 is 8.90. The molecule has 0 radical (unpaired) electrons. The molecule has 0 aliphatic rings. The smallest absolute Gasteiger partial charge is 0.277 e. The van der Waals surface area contributed by atoms with Crippen molar-refractivity contribution < 1.29 is 4.79 Å². The maximum Gasteiger partial charge on any atom is 0.277 e. The van der Waals surface area contributed by atoms with Gasteiger partial charge in [-0.1, -0.05) is 53.3 Å². The Morgan fingerprint density at radius 1 is 1.08 bits per heavy atom. The minimum atomic E-state index is -0.256. The second-order valence-electron chi connectivity index (χ2n) is 5.36. The van der Waals surface area contributed by atoms with E-state index in [2.05, 4.69) is 15.3 Å². The Labute approximate surface area is 157 Å². The zero-order valence-corrected chi connectivity index (χ0v) is 15.5. The molecule has 2 aromatic heterocycles. The summed E-state index contributed by atoms with van der Waals surface area (Å²) in [4.78, 5) is 22.4. The van der Waals surface area contributed by atoms with Crippen molar-refractivity contribution in [3.63, 3.8) is 0 Å². The molecule has 1 N–H and O–H groups in total. The van der Waals surface area contributed by atoms with Crippen LogP contribution in [-0.2, 0) is 0 Å². The Hall–Kier alpha value is -2.28. The molecule has 7 heteroatoms. The van der Waals surface area contributed by atoms with Crippen molar-refractivity contribution in [2.24, 2.45) is 0 Å². The fourth-order valence-electron chi connectivity index (χ4n) is 2.47. The predicted molar refractivity (Wildman–Crippen MR) is 105 cm³/mol. The number of carbonyl (C=O) groups excluding carboxylic acids is 1. The number of rotatable bonds is 3. The monoisotopic (exact) mass is 385 g/mol. The zero-order chi connectivity index (χ0) is 17.4. The van der Waals surface area contributed by atoms with E-state index in [1.54, 1.807) is 6.07 Å². The van der Waals surface area contributed by atoms with E-state index in [-0.39, 0.29) is 5.91 Å². The Morgan fingerprint density at radius 3 is 2.68 bits per heavy atom. The highest BCUT2D eigenvalue weighted by Crippen LogP contribution is 2.32. The lowest BCUT2D eigenvalue weighted by Crippen LogP contribution is -2.13. The van der Waals surface area contributed by atoms with E-state index in [4.69, 9.17) is 11.6 Å². The number of carbonyl (C=O) groups is 1. The number of fused-ring (bicyclic) bond motifs is 1. The summed E-state index contributed by atoms with van der Waals surface area (Å²) in [6.45, 7) is 1.90. The van der Waals surface area contributed by atoms with Gasteiger partial charge in [-0.25, -0.2) is 9.97 Å². The molecule has 1 amide bonds. The molecule has 25 heavy (non-hydrogen) atoms. The van der Waals surface area contributed by atoms with Crippen molar-refractivity contribution in [3.05, 3.63) is 64.3 Å². The van der Waals surface area contributed by atoms with Crippen LogP contribution in [0.3, 0.4) is 0 Å². The summed E-state index contributed by atoms with van der Waals surface area (Å²) in [7, 11) is 0. The molecule has 0 fully saturated rings. The molecule has 0 saturated heterocycles. The first-order valence-corrected chi connectivity index (χ1v) is 9.51. The van der Waals surface area contributed by atoms with E-state index < -0.39 is 0 Å². The number of amides is 1. The average molecular weight is 386 g/mol. The fourth-order valence-corrected chi connectivity index (χ4v) is 4.53. The van der Waals surface area contributed by atoms with E-state index in [0.717, 1.165) is 25.7 Å². The molecule has 0 aliphatic carbocycles. The van der Waals surface area contributed by atoms with Gasteiger partial charge in [0.15, 0.2) is 5.13 Å². The topological polar surface area (TPSA) is 54.9 Å². The van der Waals surface area contributed by atoms with E-state index in [1.165, 1.54) is 22.7 Å². The highest BCUT2D eigenvalue weighted by molar-refractivity contribution is 7.22. The summed E-state index contributed by atoms with van der Waals surface area (Å²) in [6, 6.07) is 15.3. The molecule has 4 nitrogen and oxygen atoms in total. The van der Waals surface area contributed by atoms with Crippen LogP contribution >= 0.6 is 34.3 Å². The molecule has 0 saturated carbocycles. The van der Waals surface area contributed by atoms with Crippen LogP contribution in [0.4, 0.5) is 5.13 Å². The van der Waals surface area contributed by atoms with Crippen LogP contribution in [0.2, 0.25) is 5.02 Å². The van der Waals surface area contributed by atoms with Crippen molar-refractivity contribution in [2.75, 3.05) is 5.32 Å². The lowest BCUT2D eigenvalue weighted by Gasteiger charge is -2.02. The largest absolute Gasteiger partial charge is 0.296 e. The van der Waals surface area contributed by atoms with Gasteiger partial charge >= 0.3 is 0 Å². The van der Waals surface area contributed by atoms with Gasteiger partial charge in [-0.05, 0) is 30.7 Å². The summed E-state index contributed by atoms with van der Waals surface area (Å²) < 4.78 is 0.931. The van der Waals surface area contributed by atoms with E-state index in [0.29, 0.717) is 15.8 Å². The molecule has 0 atom stereocenters. The van der Waals surface area contributed by atoms with Crippen molar-refractivity contribution >= 4 is 55.5 Å². The number of halogens is 1. The van der Waals surface area contributed by atoms with Crippen LogP contribution in [0.15, 0.2) is 48.5 Å². The second kappa shape index (κ2) is 6.55. The van der Waals surface area contributed by atoms with Gasteiger partial charge in [0, 0.05) is 5.02 Å². The van der Waals surface area contributed by atoms with Crippen molar-refractivity contribution in [3.8, 4) is 10.4 Å². The second-order valence-corrected chi connectivity index (χ2v) is 8.03. The number of benzene rings is 2. The third-order valence-corrected chi connectivity index (χ3v) is 5.74. The first-order valence-electron chi connectivity index (χ1n) is 7.50. The fraction of sp³-hybridized carbons (Fsp3) is 0.0556. The first-order chi connectivity index (χ1) is 12.1. The van der Waals surface area contributed by atoms with Crippen LogP contribution in [-0.4, -0.2) is 15.9 Å². The molecule has 2 heterocycles. The maximum absolute atomic E-state index is 12.7. The number of nitrogens with one attached hydrogen (secondary N) is 1. The number of aromatic nitrogens is 2. The van der Waals surface area contributed by atoms with Gasteiger partial charge < -0.3 is 0 Å². The van der Waals surface area contributed by atoms with Gasteiger partial charge in [0.25, 0.3) is 5.91 Å². The Kier molecular flexibility index (Phi) is 4.25. The molecule has 4 rings (SSSR count). The van der Waals surface area contributed by atoms with Crippen LogP contribution in [0.1, 0.15) is 15.5 Å². The summed E-state index contributed by atoms with van der Waals surface area (Å²) in [5.74, 6) is -0.256. The lowest BCUT2D eigenvalue weighted by atomic mass is 10.1. The van der Waals surface area contributed by atoms with Crippen molar-refractivity contribution in [2.45, 2.75) is 6.92 Å². The summed E-state index contributed by atoms with van der Waals surface area (Å²) in [6.07, 6.45) is 0. The van der Waals surface area contributed by atoms with Gasteiger partial charge in [0.1, 0.15) is 5.69 Å². The number of hydrogen-bond acceptors (Lipinski definition) is 5. The third-order valence-electron chi connectivity index (χ3n) is 3.56. The summed E-state index contributed by atoms with van der Waals surface area (Å²) in [5.41, 5.74) is 2.21. The SMILES string of the molecule is Cc1nc(C(=O)Nc2nc3ccc(Cl)cc3s2)c(-c2ccccc2)s1. The van der Waals surface area contributed by atoms with Crippen molar-refractivity contribution in [1.29, 1.82) is 0 Å². The minimum absolute atomic E-state index is 0.256. The standard InChI is InChI=1S/C18H12ClN3OS2/c1-10-20-15(16(24-10)11-5-3-2-4-6-11)17(23)22-18-21-13-8-7-12(19)9-14(13)25-18/h2-9H,1H3,(H,21,22,23). The highest BCUT2D eigenvalue weighted by atomic mass is 35.5. The Balaban J connectivity index is 1.67.